The van der Waals surface area contributed by atoms with Gasteiger partial charge in [0.25, 0.3) is 0 Å². The Kier molecular flexibility index (Phi) is 1.65. The summed E-state index contributed by atoms with van der Waals surface area (Å²) in [6.07, 6.45) is 3.44. The molecule has 3 nitrogen and oxygen atoms in total. The molecule has 0 bridgehead atoms. The summed E-state index contributed by atoms with van der Waals surface area (Å²) < 4.78 is 0. The largest absolute Gasteiger partial charge is 0.255 e. The minimum absolute atomic E-state index is 0.971. The molecule has 0 unspecified atom stereocenters. The Bertz CT molecular complexity index is 646. The Hall–Kier alpha value is -2.03. The molecule has 3 heteroatoms. The minimum atomic E-state index is 0.971. The molecule has 0 amide bonds. The summed E-state index contributed by atoms with van der Waals surface area (Å²) in [7, 11) is 0. The summed E-state index contributed by atoms with van der Waals surface area (Å²) >= 11 is 0. The van der Waals surface area contributed by atoms with Crippen LogP contribution in [0.4, 0.5) is 0 Å². The van der Waals surface area contributed by atoms with E-state index in [1.165, 1.54) is 0 Å². The third-order valence-electron chi connectivity index (χ3n) is 2.58. The van der Waals surface area contributed by atoms with E-state index in [-0.39, 0.29) is 0 Å². The van der Waals surface area contributed by atoms with Gasteiger partial charge in [0.05, 0.1) is 16.7 Å². The van der Waals surface area contributed by atoms with Gasteiger partial charge in [0.15, 0.2) is 0 Å². The molecular formula is C12H9N3. The fourth-order valence-electron chi connectivity index (χ4n) is 1.77. The zero-order chi connectivity index (χ0) is 10.3. The van der Waals surface area contributed by atoms with Crippen molar-refractivity contribution < 1.29 is 0 Å². The number of pyridine rings is 1. The second-order valence-corrected chi connectivity index (χ2v) is 3.50. The smallest absolute Gasteiger partial charge is 0.116 e. The number of hydrogen-bond acceptors (Lipinski definition) is 3. The second-order valence-electron chi connectivity index (χ2n) is 3.50. The molecular weight excluding hydrogens is 186 g/mol. The highest BCUT2D eigenvalue weighted by molar-refractivity contribution is 6.03. The van der Waals surface area contributed by atoms with Crippen LogP contribution in [0, 0.1) is 6.92 Å². The summed E-state index contributed by atoms with van der Waals surface area (Å²) in [5.74, 6) is 0. The van der Waals surface area contributed by atoms with Crippen LogP contribution < -0.4 is 0 Å². The average Bonchev–Trinajstić information content (AvgIpc) is 2.29. The first-order chi connectivity index (χ1) is 7.36. The summed E-state index contributed by atoms with van der Waals surface area (Å²) in [5.41, 5.74) is 2.93. The zero-order valence-corrected chi connectivity index (χ0v) is 8.31. The van der Waals surface area contributed by atoms with Crippen molar-refractivity contribution in [1.82, 2.24) is 15.0 Å². The van der Waals surface area contributed by atoms with E-state index in [1.807, 2.05) is 37.4 Å². The van der Waals surface area contributed by atoms with Gasteiger partial charge >= 0.3 is 0 Å². The van der Waals surface area contributed by atoms with Crippen molar-refractivity contribution in [1.29, 1.82) is 0 Å². The molecule has 3 rings (SSSR count). The van der Waals surface area contributed by atoms with E-state index in [9.17, 15) is 0 Å². The molecule has 2 heterocycles. The Morgan fingerprint density at radius 1 is 0.933 bits per heavy atom. The van der Waals surface area contributed by atoms with Crippen LogP contribution in [-0.4, -0.2) is 15.0 Å². The highest BCUT2D eigenvalue weighted by Crippen LogP contribution is 2.21. The summed E-state index contributed by atoms with van der Waals surface area (Å²) in [5, 5.41) is 2.11. The van der Waals surface area contributed by atoms with Gasteiger partial charge in [-0.2, -0.15) is 0 Å². The second kappa shape index (κ2) is 2.98. The zero-order valence-electron chi connectivity index (χ0n) is 8.31. The maximum absolute atomic E-state index is 4.39. The summed E-state index contributed by atoms with van der Waals surface area (Å²) in [6.45, 7) is 1.97. The van der Waals surface area contributed by atoms with Crippen LogP contribution in [-0.2, 0) is 0 Å². The number of para-hydroxylation sites is 1. The molecule has 0 spiro atoms. The van der Waals surface area contributed by atoms with Crippen molar-refractivity contribution in [3.05, 3.63) is 42.5 Å². The van der Waals surface area contributed by atoms with E-state index in [0.29, 0.717) is 0 Å². The number of hydrogen-bond donors (Lipinski definition) is 0. The van der Waals surface area contributed by atoms with Crippen molar-refractivity contribution in [3.63, 3.8) is 0 Å². The lowest BCUT2D eigenvalue weighted by Crippen LogP contribution is -1.90. The van der Waals surface area contributed by atoms with Crippen molar-refractivity contribution in [2.24, 2.45) is 0 Å². The van der Waals surface area contributed by atoms with Crippen LogP contribution in [0.25, 0.3) is 21.8 Å². The SMILES string of the molecule is Cc1ncnc2c1cnc1ccccc12. The molecule has 0 radical (unpaired) electrons. The van der Waals surface area contributed by atoms with Crippen LogP contribution in [0.5, 0.6) is 0 Å². The van der Waals surface area contributed by atoms with Crippen LogP contribution in [0.15, 0.2) is 36.8 Å². The molecule has 0 saturated heterocycles. The van der Waals surface area contributed by atoms with Gasteiger partial charge in [-0.1, -0.05) is 18.2 Å². The first-order valence-electron chi connectivity index (χ1n) is 4.81. The van der Waals surface area contributed by atoms with Gasteiger partial charge in [-0.15, -0.1) is 0 Å². The van der Waals surface area contributed by atoms with Crippen molar-refractivity contribution in [2.75, 3.05) is 0 Å². The van der Waals surface area contributed by atoms with Gasteiger partial charge in [-0.25, -0.2) is 9.97 Å². The molecule has 1 aromatic carbocycles. The van der Waals surface area contributed by atoms with Gasteiger partial charge in [-0.3, -0.25) is 4.98 Å². The molecule has 0 aliphatic rings. The van der Waals surface area contributed by atoms with Crippen LogP contribution in [0.1, 0.15) is 5.69 Å². The third kappa shape index (κ3) is 1.16. The number of rotatable bonds is 0. The van der Waals surface area contributed by atoms with E-state index in [2.05, 4.69) is 15.0 Å². The fourth-order valence-corrected chi connectivity index (χ4v) is 1.77. The van der Waals surface area contributed by atoms with Crippen LogP contribution in [0.3, 0.4) is 0 Å². The van der Waals surface area contributed by atoms with E-state index < -0.39 is 0 Å². The number of fused-ring (bicyclic) bond motifs is 3. The predicted octanol–water partition coefficient (Wildman–Crippen LogP) is 2.49. The maximum atomic E-state index is 4.39. The first kappa shape index (κ1) is 8.29. The lowest BCUT2D eigenvalue weighted by atomic mass is 10.1. The van der Waals surface area contributed by atoms with Crippen molar-refractivity contribution in [3.8, 4) is 0 Å². The van der Waals surface area contributed by atoms with Gasteiger partial charge in [-0.05, 0) is 13.0 Å². The third-order valence-corrected chi connectivity index (χ3v) is 2.58. The predicted molar refractivity (Wildman–Crippen MR) is 59.6 cm³/mol. The molecule has 72 valence electrons. The molecule has 15 heavy (non-hydrogen) atoms. The average molecular weight is 195 g/mol. The standard InChI is InChI=1S/C12H9N3/c1-8-10-6-13-11-5-3-2-4-9(11)12(10)15-7-14-8/h2-7H,1H3. The molecule has 3 aromatic rings. The monoisotopic (exact) mass is 195 g/mol. The lowest BCUT2D eigenvalue weighted by molar-refractivity contribution is 1.15. The van der Waals surface area contributed by atoms with Crippen molar-refractivity contribution in [2.45, 2.75) is 6.92 Å². The number of aryl methyl sites for hydroxylation is 1. The molecule has 2 aromatic heterocycles. The quantitative estimate of drug-likeness (QED) is 0.517. The summed E-state index contributed by atoms with van der Waals surface area (Å²) in [4.78, 5) is 12.9. The highest BCUT2D eigenvalue weighted by Gasteiger charge is 2.04. The Morgan fingerprint density at radius 3 is 2.73 bits per heavy atom. The number of benzene rings is 1. The Morgan fingerprint density at radius 2 is 1.80 bits per heavy atom. The maximum Gasteiger partial charge on any atom is 0.116 e. The fraction of sp³-hybridized carbons (Fsp3) is 0.0833. The van der Waals surface area contributed by atoms with Gasteiger partial charge in [0, 0.05) is 17.0 Å². The van der Waals surface area contributed by atoms with Crippen LogP contribution in [0.2, 0.25) is 0 Å². The number of nitrogens with zero attached hydrogens (tertiary/aromatic N) is 3. The molecule has 0 fully saturated rings. The van der Waals surface area contributed by atoms with Crippen molar-refractivity contribution >= 4 is 21.8 Å². The normalized spacial score (nSPS) is 11.0. The lowest BCUT2D eigenvalue weighted by Gasteiger charge is -2.02. The van der Waals surface area contributed by atoms with E-state index in [4.69, 9.17) is 0 Å². The van der Waals surface area contributed by atoms with Gasteiger partial charge in [0.1, 0.15) is 6.33 Å². The van der Waals surface area contributed by atoms with Gasteiger partial charge in [0.2, 0.25) is 0 Å². The molecule has 0 aliphatic carbocycles. The topological polar surface area (TPSA) is 38.7 Å². The molecule has 0 aliphatic heterocycles. The molecule has 0 saturated carbocycles. The van der Waals surface area contributed by atoms with Gasteiger partial charge < -0.3 is 0 Å². The highest BCUT2D eigenvalue weighted by atomic mass is 14.8. The first-order valence-corrected chi connectivity index (χ1v) is 4.81. The Labute approximate surface area is 86.8 Å². The van der Waals surface area contributed by atoms with Crippen LogP contribution >= 0.6 is 0 Å². The minimum Gasteiger partial charge on any atom is -0.255 e. The molecule has 0 N–H and O–H groups in total. The van der Waals surface area contributed by atoms with E-state index >= 15 is 0 Å². The van der Waals surface area contributed by atoms with E-state index in [0.717, 1.165) is 27.5 Å². The van der Waals surface area contributed by atoms with E-state index in [1.54, 1.807) is 6.33 Å². The molecule has 0 atom stereocenters. The number of aromatic nitrogens is 3. The summed E-state index contributed by atoms with van der Waals surface area (Å²) in [6, 6.07) is 8.01. The Balaban J connectivity index is 2.60.